The average molecular weight is 185 g/mol. The van der Waals surface area contributed by atoms with Crippen molar-refractivity contribution in [1.82, 2.24) is 0 Å². The van der Waals surface area contributed by atoms with E-state index in [0.717, 1.165) is 0 Å². The fraction of sp³-hybridized carbons (Fsp3) is 0.200. The van der Waals surface area contributed by atoms with Crippen LogP contribution in [0, 0.1) is 22.7 Å². The van der Waals surface area contributed by atoms with Gasteiger partial charge >= 0.3 is 0 Å². The van der Waals surface area contributed by atoms with Crippen molar-refractivity contribution in [3.8, 4) is 17.9 Å². The first-order chi connectivity index (χ1) is 6.85. The minimum absolute atomic E-state index is 0.280. The Morgan fingerprint density at radius 3 is 3.00 bits per heavy atom. The van der Waals surface area contributed by atoms with E-state index in [1.807, 2.05) is 6.07 Å². The van der Waals surface area contributed by atoms with E-state index in [4.69, 9.17) is 15.3 Å². The van der Waals surface area contributed by atoms with Gasteiger partial charge in [-0.05, 0) is 12.1 Å². The minimum Gasteiger partial charge on any atom is -0.487 e. The Kier molecular flexibility index (Phi) is 1.96. The molecule has 1 aliphatic rings. The largest absolute Gasteiger partial charge is 0.487 e. The molecule has 1 aromatic carbocycles. The van der Waals surface area contributed by atoms with Crippen molar-refractivity contribution in [3.05, 3.63) is 23.8 Å². The van der Waals surface area contributed by atoms with Crippen LogP contribution in [-0.4, -0.2) is 12.6 Å². The van der Waals surface area contributed by atoms with Gasteiger partial charge in [-0.15, -0.1) is 0 Å². The van der Waals surface area contributed by atoms with Crippen LogP contribution in [-0.2, 0) is 0 Å². The zero-order valence-corrected chi connectivity index (χ0v) is 7.32. The zero-order valence-electron chi connectivity index (χ0n) is 7.32. The Labute approximate surface area is 81.3 Å². The summed E-state index contributed by atoms with van der Waals surface area (Å²) in [4.78, 5) is 0. The first-order valence-electron chi connectivity index (χ1n) is 4.17. The number of hydrogen-bond acceptors (Lipinski definition) is 4. The Balaban J connectivity index is 2.42. The fourth-order valence-corrected chi connectivity index (χ4v) is 1.36. The highest BCUT2D eigenvalue weighted by Crippen LogP contribution is 2.31. The zero-order chi connectivity index (χ0) is 9.97. The predicted molar refractivity (Wildman–Crippen MR) is 49.7 cm³/mol. The van der Waals surface area contributed by atoms with Crippen molar-refractivity contribution in [2.45, 2.75) is 6.04 Å². The number of nitrogens with one attached hydrogen (secondary N) is 1. The van der Waals surface area contributed by atoms with Crippen molar-refractivity contribution in [3.63, 3.8) is 0 Å². The maximum Gasteiger partial charge on any atom is 0.160 e. The summed E-state index contributed by atoms with van der Waals surface area (Å²) in [5.41, 5.74) is 1.20. The van der Waals surface area contributed by atoms with E-state index in [-0.39, 0.29) is 12.6 Å². The number of benzene rings is 1. The van der Waals surface area contributed by atoms with Gasteiger partial charge in [0.05, 0.1) is 17.3 Å². The van der Waals surface area contributed by atoms with Gasteiger partial charge < -0.3 is 10.1 Å². The van der Waals surface area contributed by atoms with Gasteiger partial charge in [0.15, 0.2) is 5.75 Å². The lowest BCUT2D eigenvalue weighted by atomic mass is 10.1. The second kappa shape index (κ2) is 3.27. The van der Waals surface area contributed by atoms with E-state index in [9.17, 15) is 0 Å². The van der Waals surface area contributed by atoms with Crippen molar-refractivity contribution in [2.24, 2.45) is 0 Å². The molecule has 0 spiro atoms. The number of nitriles is 2. The molecule has 2 rings (SSSR count). The molecule has 4 nitrogen and oxygen atoms in total. The molecule has 1 atom stereocenters. The molecule has 1 aromatic rings. The van der Waals surface area contributed by atoms with Crippen LogP contribution in [0.3, 0.4) is 0 Å². The molecule has 0 bridgehead atoms. The van der Waals surface area contributed by atoms with E-state index in [1.165, 1.54) is 0 Å². The number of hydrogen-bond donors (Lipinski definition) is 1. The molecule has 0 saturated carbocycles. The second-order valence-electron chi connectivity index (χ2n) is 2.93. The molecule has 0 radical (unpaired) electrons. The Hall–Kier alpha value is -2.20. The lowest BCUT2D eigenvalue weighted by molar-refractivity contribution is 0.303. The second-order valence-corrected chi connectivity index (χ2v) is 2.93. The molecule has 4 heteroatoms. The van der Waals surface area contributed by atoms with Crippen molar-refractivity contribution in [1.29, 1.82) is 10.5 Å². The number of fused-ring (bicyclic) bond motifs is 1. The quantitative estimate of drug-likeness (QED) is 0.660. The summed E-state index contributed by atoms with van der Waals surface area (Å²) >= 11 is 0. The maximum atomic E-state index is 8.79. The lowest BCUT2D eigenvalue weighted by Crippen LogP contribution is -2.30. The first-order valence-corrected chi connectivity index (χ1v) is 4.17. The minimum atomic E-state index is -0.337. The summed E-state index contributed by atoms with van der Waals surface area (Å²) in [5, 5.41) is 20.5. The summed E-state index contributed by atoms with van der Waals surface area (Å²) in [7, 11) is 0. The van der Waals surface area contributed by atoms with Gasteiger partial charge in [-0.3, -0.25) is 0 Å². The smallest absolute Gasteiger partial charge is 0.160 e. The predicted octanol–water partition coefficient (Wildman–Crippen LogP) is 1.25. The number of anilines is 1. The molecular formula is C10H7N3O. The summed E-state index contributed by atoms with van der Waals surface area (Å²) < 4.78 is 5.34. The third-order valence-electron chi connectivity index (χ3n) is 2.02. The van der Waals surface area contributed by atoms with E-state index in [0.29, 0.717) is 17.0 Å². The number of ether oxygens (including phenoxy) is 1. The van der Waals surface area contributed by atoms with Crippen molar-refractivity contribution >= 4 is 5.69 Å². The first kappa shape index (κ1) is 8.40. The van der Waals surface area contributed by atoms with Gasteiger partial charge in [0, 0.05) is 0 Å². The normalized spacial score (nSPS) is 18.0. The van der Waals surface area contributed by atoms with Crippen molar-refractivity contribution in [2.75, 3.05) is 11.9 Å². The molecule has 68 valence electrons. The van der Waals surface area contributed by atoms with Crippen LogP contribution in [0.5, 0.6) is 5.75 Å². The van der Waals surface area contributed by atoms with Gasteiger partial charge in [-0.25, -0.2) is 0 Å². The topological polar surface area (TPSA) is 68.8 Å². The highest BCUT2D eigenvalue weighted by atomic mass is 16.5. The van der Waals surface area contributed by atoms with Crippen LogP contribution >= 0.6 is 0 Å². The van der Waals surface area contributed by atoms with E-state index in [1.54, 1.807) is 18.2 Å². The highest BCUT2D eigenvalue weighted by molar-refractivity contribution is 5.65. The summed E-state index contributed by atoms with van der Waals surface area (Å²) in [6.45, 7) is 0.280. The standard InChI is InChI=1S/C10H7N3O/c11-4-7-2-1-3-9-10(7)14-6-8(5-12)13-9/h1-3,8,13H,6H2. The molecule has 0 aliphatic carbocycles. The van der Waals surface area contributed by atoms with Gasteiger partial charge in [0.2, 0.25) is 0 Å². The molecule has 0 aromatic heterocycles. The van der Waals surface area contributed by atoms with Gasteiger partial charge in [-0.1, -0.05) is 6.07 Å². The van der Waals surface area contributed by atoms with Gasteiger partial charge in [0.1, 0.15) is 18.7 Å². The molecule has 0 amide bonds. The van der Waals surface area contributed by atoms with Crippen LogP contribution in [0.2, 0.25) is 0 Å². The Bertz CT molecular complexity index is 442. The molecule has 14 heavy (non-hydrogen) atoms. The van der Waals surface area contributed by atoms with Crippen molar-refractivity contribution < 1.29 is 4.74 Å². The lowest BCUT2D eigenvalue weighted by Gasteiger charge is -2.23. The number of rotatable bonds is 0. The average Bonchev–Trinajstić information content (AvgIpc) is 2.27. The molecular weight excluding hydrogens is 178 g/mol. The molecule has 1 heterocycles. The van der Waals surface area contributed by atoms with Crippen LogP contribution in [0.15, 0.2) is 18.2 Å². The molecule has 1 aliphatic heterocycles. The maximum absolute atomic E-state index is 8.79. The van der Waals surface area contributed by atoms with Crippen LogP contribution in [0.4, 0.5) is 5.69 Å². The van der Waals surface area contributed by atoms with Crippen LogP contribution < -0.4 is 10.1 Å². The molecule has 0 saturated heterocycles. The molecule has 1 N–H and O–H groups in total. The van der Waals surface area contributed by atoms with E-state index in [2.05, 4.69) is 11.4 Å². The molecule has 1 unspecified atom stereocenters. The molecule has 0 fully saturated rings. The fourth-order valence-electron chi connectivity index (χ4n) is 1.36. The Morgan fingerprint density at radius 1 is 1.43 bits per heavy atom. The summed E-state index contributed by atoms with van der Waals surface area (Å²) in [6, 6.07) is 9.00. The summed E-state index contributed by atoms with van der Waals surface area (Å²) in [6.07, 6.45) is 0. The van der Waals surface area contributed by atoms with Gasteiger partial charge in [0.25, 0.3) is 0 Å². The number of para-hydroxylation sites is 1. The third-order valence-corrected chi connectivity index (χ3v) is 2.02. The summed E-state index contributed by atoms with van der Waals surface area (Å²) in [5.74, 6) is 0.543. The van der Waals surface area contributed by atoms with E-state index < -0.39 is 0 Å². The Morgan fingerprint density at radius 2 is 2.29 bits per heavy atom. The van der Waals surface area contributed by atoms with Gasteiger partial charge in [-0.2, -0.15) is 10.5 Å². The van der Waals surface area contributed by atoms with Crippen LogP contribution in [0.1, 0.15) is 5.56 Å². The highest BCUT2D eigenvalue weighted by Gasteiger charge is 2.20. The van der Waals surface area contributed by atoms with Crippen LogP contribution in [0.25, 0.3) is 0 Å². The third kappa shape index (κ3) is 1.23. The monoisotopic (exact) mass is 185 g/mol. The number of nitrogens with zero attached hydrogens (tertiary/aromatic N) is 2. The SMILES string of the molecule is N#Cc1cccc2c1OCC(C#N)N2. The van der Waals surface area contributed by atoms with E-state index >= 15 is 0 Å².